The van der Waals surface area contributed by atoms with E-state index < -0.39 is 5.97 Å². The molecule has 0 saturated heterocycles. The van der Waals surface area contributed by atoms with Crippen LogP contribution < -0.4 is 0 Å². The van der Waals surface area contributed by atoms with Crippen molar-refractivity contribution in [2.45, 2.75) is 13.3 Å². The molecule has 4 heteroatoms. The average molecular weight is 163 g/mol. The van der Waals surface area contributed by atoms with Crippen LogP contribution in [0.2, 0.25) is 0 Å². The number of halogens is 1. The van der Waals surface area contributed by atoms with Crippen molar-refractivity contribution in [2.24, 2.45) is 0 Å². The number of aliphatic carboxylic acids is 1. The van der Waals surface area contributed by atoms with E-state index in [0.717, 1.165) is 5.54 Å². The first-order valence-corrected chi connectivity index (χ1v) is 3.03. The van der Waals surface area contributed by atoms with Gasteiger partial charge < -0.3 is 5.11 Å². The molecular formula is C6H7ClO3. The Labute approximate surface area is 63.3 Å². The predicted molar refractivity (Wildman–Crippen MR) is 36.9 cm³/mol. The summed E-state index contributed by atoms with van der Waals surface area (Å²) in [6, 6.07) is 0. The fraction of sp³-hybridized carbons (Fsp3) is 0.333. The standard InChI is InChI=1S/C6H7ClO3/c1-4(8)2-5(3-7)6(9)10/h3H,2H2,1H3,(H,9,10). The van der Waals surface area contributed by atoms with Crippen LogP contribution in [0.15, 0.2) is 11.1 Å². The molecule has 10 heavy (non-hydrogen) atoms. The maximum Gasteiger partial charge on any atom is 0.332 e. The van der Waals surface area contributed by atoms with Gasteiger partial charge in [-0.25, -0.2) is 4.79 Å². The minimum atomic E-state index is -1.15. The number of carbonyl (C=O) groups is 2. The summed E-state index contributed by atoms with van der Waals surface area (Å²) in [6.07, 6.45) is -0.112. The Morgan fingerprint density at radius 3 is 2.20 bits per heavy atom. The topological polar surface area (TPSA) is 54.4 Å². The lowest BCUT2D eigenvalue weighted by Gasteiger charge is -1.93. The lowest BCUT2D eigenvalue weighted by molar-refractivity contribution is -0.133. The van der Waals surface area contributed by atoms with E-state index in [1.807, 2.05) is 0 Å². The molecule has 3 nitrogen and oxygen atoms in total. The molecule has 0 rings (SSSR count). The van der Waals surface area contributed by atoms with Gasteiger partial charge in [-0.05, 0) is 6.92 Å². The quantitative estimate of drug-likeness (QED) is 0.634. The van der Waals surface area contributed by atoms with Gasteiger partial charge in [0.15, 0.2) is 0 Å². The number of hydrogen-bond donors (Lipinski definition) is 1. The molecule has 0 atom stereocenters. The van der Waals surface area contributed by atoms with Crippen LogP contribution in [-0.2, 0) is 9.59 Å². The van der Waals surface area contributed by atoms with E-state index in [9.17, 15) is 9.59 Å². The van der Waals surface area contributed by atoms with Crippen molar-refractivity contribution in [3.05, 3.63) is 11.1 Å². The van der Waals surface area contributed by atoms with Gasteiger partial charge in [0.05, 0.1) is 5.57 Å². The molecule has 0 aromatic heterocycles. The highest BCUT2D eigenvalue weighted by molar-refractivity contribution is 6.27. The molecule has 0 aromatic rings. The molecule has 0 heterocycles. The van der Waals surface area contributed by atoms with Crippen molar-refractivity contribution in [2.75, 3.05) is 0 Å². The molecule has 0 amide bonds. The Hall–Kier alpha value is -0.830. The first-order chi connectivity index (χ1) is 4.57. The van der Waals surface area contributed by atoms with Crippen molar-refractivity contribution < 1.29 is 14.7 Å². The lowest BCUT2D eigenvalue weighted by atomic mass is 10.2. The molecule has 1 N–H and O–H groups in total. The first kappa shape index (κ1) is 9.17. The number of carboxylic acids is 1. The average Bonchev–Trinajstić information content (AvgIpc) is 1.81. The number of ketones is 1. The summed E-state index contributed by atoms with van der Waals surface area (Å²) in [5.41, 5.74) is 0.832. The summed E-state index contributed by atoms with van der Waals surface area (Å²) in [5.74, 6) is -1.36. The molecule has 0 aliphatic heterocycles. The van der Waals surface area contributed by atoms with Crippen LogP contribution in [0.3, 0.4) is 0 Å². The fourth-order valence-electron chi connectivity index (χ4n) is 0.429. The van der Waals surface area contributed by atoms with Gasteiger partial charge in [0.1, 0.15) is 5.78 Å². The van der Waals surface area contributed by atoms with E-state index in [2.05, 4.69) is 0 Å². The third-order valence-corrected chi connectivity index (χ3v) is 1.11. The Kier molecular flexibility index (Phi) is 3.72. The van der Waals surface area contributed by atoms with E-state index >= 15 is 0 Å². The van der Waals surface area contributed by atoms with Crippen LogP contribution in [0.5, 0.6) is 0 Å². The van der Waals surface area contributed by atoms with E-state index in [0.29, 0.717) is 0 Å². The predicted octanol–water partition coefficient (Wildman–Crippen LogP) is 1.17. The molecule has 0 saturated carbocycles. The molecule has 0 radical (unpaired) electrons. The number of rotatable bonds is 3. The highest BCUT2D eigenvalue weighted by atomic mass is 35.5. The van der Waals surface area contributed by atoms with Gasteiger partial charge in [-0.15, -0.1) is 0 Å². The van der Waals surface area contributed by atoms with Gasteiger partial charge in [-0.3, -0.25) is 4.79 Å². The fourth-order valence-corrected chi connectivity index (χ4v) is 0.600. The second kappa shape index (κ2) is 4.06. The van der Waals surface area contributed by atoms with E-state index in [-0.39, 0.29) is 17.8 Å². The Bertz CT molecular complexity index is 183. The van der Waals surface area contributed by atoms with Crippen molar-refractivity contribution in [1.29, 1.82) is 0 Å². The first-order valence-electron chi connectivity index (χ1n) is 2.60. The maximum absolute atomic E-state index is 10.4. The number of carbonyl (C=O) groups excluding carboxylic acids is 1. The Morgan fingerprint density at radius 1 is 1.60 bits per heavy atom. The van der Waals surface area contributed by atoms with Crippen LogP contribution in [0.25, 0.3) is 0 Å². The van der Waals surface area contributed by atoms with Crippen molar-refractivity contribution in [3.8, 4) is 0 Å². The van der Waals surface area contributed by atoms with Crippen LogP contribution in [0.1, 0.15) is 13.3 Å². The van der Waals surface area contributed by atoms with Crippen molar-refractivity contribution in [1.82, 2.24) is 0 Å². The normalized spacial score (nSPS) is 11.2. The second-order valence-corrected chi connectivity index (χ2v) is 2.04. The summed E-state index contributed by atoms with van der Waals surface area (Å²) in [5, 5.41) is 8.32. The van der Waals surface area contributed by atoms with Crippen LogP contribution in [0.4, 0.5) is 0 Å². The van der Waals surface area contributed by atoms with Crippen LogP contribution >= 0.6 is 11.6 Å². The second-order valence-electron chi connectivity index (χ2n) is 1.82. The monoisotopic (exact) mass is 162 g/mol. The number of Topliss-reactive ketones (excluding diaryl/α,β-unsaturated/α-hetero) is 1. The Morgan fingerprint density at radius 2 is 2.10 bits per heavy atom. The molecule has 56 valence electrons. The third kappa shape index (κ3) is 3.25. The minimum absolute atomic E-state index is 0.0748. The zero-order valence-corrected chi connectivity index (χ0v) is 6.18. The molecule has 0 aliphatic carbocycles. The number of hydrogen-bond acceptors (Lipinski definition) is 2. The minimum Gasteiger partial charge on any atom is -0.478 e. The SMILES string of the molecule is CC(=O)CC(=CCl)C(=O)O. The van der Waals surface area contributed by atoms with Crippen molar-refractivity contribution >= 4 is 23.4 Å². The molecule has 0 bridgehead atoms. The van der Waals surface area contributed by atoms with Gasteiger partial charge in [0.2, 0.25) is 0 Å². The lowest BCUT2D eigenvalue weighted by Crippen LogP contribution is -2.03. The summed E-state index contributed by atoms with van der Waals surface area (Å²) in [6.45, 7) is 1.31. The molecule has 0 spiro atoms. The summed E-state index contributed by atoms with van der Waals surface area (Å²) in [4.78, 5) is 20.5. The Balaban J connectivity index is 4.12. The molecule has 0 aromatic carbocycles. The largest absolute Gasteiger partial charge is 0.478 e. The van der Waals surface area contributed by atoms with E-state index in [1.165, 1.54) is 6.92 Å². The van der Waals surface area contributed by atoms with Gasteiger partial charge >= 0.3 is 5.97 Å². The smallest absolute Gasteiger partial charge is 0.332 e. The zero-order valence-electron chi connectivity index (χ0n) is 5.43. The maximum atomic E-state index is 10.4. The van der Waals surface area contributed by atoms with E-state index in [1.54, 1.807) is 0 Å². The molecule has 0 fully saturated rings. The molecular weight excluding hydrogens is 156 g/mol. The highest BCUT2D eigenvalue weighted by Gasteiger charge is 2.07. The van der Waals surface area contributed by atoms with Gasteiger partial charge in [0, 0.05) is 12.0 Å². The van der Waals surface area contributed by atoms with Gasteiger partial charge in [-0.1, -0.05) is 11.6 Å². The summed E-state index contributed by atoms with van der Waals surface area (Å²) >= 11 is 5.11. The molecule has 0 unspecified atom stereocenters. The van der Waals surface area contributed by atoms with Gasteiger partial charge in [-0.2, -0.15) is 0 Å². The van der Waals surface area contributed by atoms with Crippen molar-refractivity contribution in [3.63, 3.8) is 0 Å². The summed E-state index contributed by atoms with van der Waals surface area (Å²) in [7, 11) is 0. The molecule has 0 aliphatic rings. The van der Waals surface area contributed by atoms with Crippen LogP contribution in [-0.4, -0.2) is 16.9 Å². The van der Waals surface area contributed by atoms with E-state index in [4.69, 9.17) is 16.7 Å². The van der Waals surface area contributed by atoms with Gasteiger partial charge in [0.25, 0.3) is 0 Å². The number of carboxylic acid groups (broad SMARTS) is 1. The zero-order chi connectivity index (χ0) is 8.15. The highest BCUT2D eigenvalue weighted by Crippen LogP contribution is 2.03. The summed E-state index contributed by atoms with van der Waals surface area (Å²) < 4.78 is 0. The van der Waals surface area contributed by atoms with Crippen LogP contribution in [0, 0.1) is 0 Å². The third-order valence-electron chi connectivity index (χ3n) is 0.846.